The molecular weight excluding hydrogens is 354 g/mol. The number of carbonyl (C=O) groups excluding carboxylic acids is 3. The van der Waals surface area contributed by atoms with Crippen molar-refractivity contribution in [2.75, 3.05) is 38.0 Å². The van der Waals surface area contributed by atoms with E-state index in [2.05, 4.69) is 15.6 Å². The van der Waals surface area contributed by atoms with Crippen LogP contribution in [0.15, 0.2) is 11.6 Å². The summed E-state index contributed by atoms with van der Waals surface area (Å²) in [5.74, 6) is -0.306. The van der Waals surface area contributed by atoms with Crippen LogP contribution in [0.25, 0.3) is 0 Å². The molecular formula is C17H27N5O3S. The van der Waals surface area contributed by atoms with Gasteiger partial charge in [-0.2, -0.15) is 0 Å². The van der Waals surface area contributed by atoms with Gasteiger partial charge in [0.25, 0.3) is 0 Å². The van der Waals surface area contributed by atoms with Crippen LogP contribution in [0.5, 0.6) is 0 Å². The number of carbonyl (C=O) groups is 3. The van der Waals surface area contributed by atoms with Gasteiger partial charge in [-0.1, -0.05) is 0 Å². The molecule has 1 fully saturated rings. The molecule has 2 N–H and O–H groups in total. The number of hydrogen-bond acceptors (Lipinski definition) is 5. The maximum atomic E-state index is 12.3. The molecule has 0 aromatic carbocycles. The lowest BCUT2D eigenvalue weighted by molar-refractivity contribution is -0.130. The van der Waals surface area contributed by atoms with Gasteiger partial charge in [0.1, 0.15) is 0 Å². The predicted molar refractivity (Wildman–Crippen MR) is 101 cm³/mol. The van der Waals surface area contributed by atoms with Crippen LogP contribution < -0.4 is 10.6 Å². The summed E-state index contributed by atoms with van der Waals surface area (Å²) in [6, 6.07) is -0.218. The van der Waals surface area contributed by atoms with Crippen molar-refractivity contribution in [3.63, 3.8) is 0 Å². The molecule has 0 saturated carbocycles. The molecule has 0 aliphatic carbocycles. The van der Waals surface area contributed by atoms with Gasteiger partial charge in [-0.3, -0.25) is 9.59 Å². The van der Waals surface area contributed by atoms with Gasteiger partial charge in [-0.15, -0.1) is 11.3 Å². The first-order valence-corrected chi connectivity index (χ1v) is 9.94. The molecule has 144 valence electrons. The van der Waals surface area contributed by atoms with E-state index in [-0.39, 0.29) is 30.2 Å². The number of hydrogen-bond donors (Lipinski definition) is 2. The molecule has 1 atom stereocenters. The minimum absolute atomic E-state index is 0.0367. The number of nitrogens with one attached hydrogen (secondary N) is 2. The van der Waals surface area contributed by atoms with Crippen molar-refractivity contribution >= 4 is 34.3 Å². The molecule has 1 aliphatic heterocycles. The zero-order valence-corrected chi connectivity index (χ0v) is 16.2. The fraction of sp³-hybridized carbons (Fsp3) is 0.647. The number of rotatable bonds is 7. The molecule has 0 radical (unpaired) electrons. The second-order valence-electron chi connectivity index (χ2n) is 6.16. The monoisotopic (exact) mass is 381 g/mol. The number of nitrogens with zero attached hydrogens (tertiary/aromatic N) is 3. The number of anilines is 1. The van der Waals surface area contributed by atoms with E-state index in [1.807, 2.05) is 13.8 Å². The van der Waals surface area contributed by atoms with Crippen molar-refractivity contribution < 1.29 is 14.4 Å². The third kappa shape index (κ3) is 5.69. The Hall–Kier alpha value is -2.16. The van der Waals surface area contributed by atoms with Gasteiger partial charge in [0, 0.05) is 50.7 Å². The summed E-state index contributed by atoms with van der Waals surface area (Å²) >= 11 is 1.37. The molecule has 1 aliphatic rings. The molecule has 1 aromatic rings. The Bertz CT molecular complexity index is 604. The van der Waals surface area contributed by atoms with Crippen LogP contribution in [0, 0.1) is 5.92 Å². The van der Waals surface area contributed by atoms with Gasteiger partial charge in [-0.05, 0) is 26.7 Å². The van der Waals surface area contributed by atoms with Crippen LogP contribution in [0.1, 0.15) is 33.1 Å². The van der Waals surface area contributed by atoms with Crippen LogP contribution in [0.2, 0.25) is 0 Å². The highest BCUT2D eigenvalue weighted by Crippen LogP contribution is 2.19. The van der Waals surface area contributed by atoms with Crippen LogP contribution in [-0.2, 0) is 9.59 Å². The predicted octanol–water partition coefficient (Wildman–Crippen LogP) is 1.76. The average Bonchev–Trinajstić information content (AvgIpc) is 3.15. The summed E-state index contributed by atoms with van der Waals surface area (Å²) in [4.78, 5) is 44.0. The third-order valence-corrected chi connectivity index (χ3v) is 5.16. The second kappa shape index (κ2) is 10.1. The van der Waals surface area contributed by atoms with Crippen molar-refractivity contribution in [3.8, 4) is 0 Å². The van der Waals surface area contributed by atoms with E-state index in [0.717, 1.165) is 12.8 Å². The number of urea groups is 1. The summed E-state index contributed by atoms with van der Waals surface area (Å²) in [5.41, 5.74) is 0. The molecule has 26 heavy (non-hydrogen) atoms. The average molecular weight is 382 g/mol. The van der Waals surface area contributed by atoms with E-state index < -0.39 is 0 Å². The summed E-state index contributed by atoms with van der Waals surface area (Å²) < 4.78 is 0. The number of thiazole rings is 1. The van der Waals surface area contributed by atoms with Crippen LogP contribution in [0.4, 0.5) is 9.93 Å². The van der Waals surface area contributed by atoms with E-state index in [4.69, 9.17) is 0 Å². The Kier molecular flexibility index (Phi) is 7.83. The van der Waals surface area contributed by atoms with E-state index in [0.29, 0.717) is 37.9 Å². The van der Waals surface area contributed by atoms with Gasteiger partial charge < -0.3 is 20.4 Å². The normalized spacial score (nSPS) is 16.8. The van der Waals surface area contributed by atoms with Crippen molar-refractivity contribution in [1.29, 1.82) is 0 Å². The molecule has 8 nitrogen and oxygen atoms in total. The number of aromatic nitrogens is 1. The van der Waals surface area contributed by atoms with Gasteiger partial charge in [-0.25, -0.2) is 9.78 Å². The van der Waals surface area contributed by atoms with Crippen molar-refractivity contribution in [2.24, 2.45) is 5.92 Å². The van der Waals surface area contributed by atoms with Gasteiger partial charge in [0.05, 0.1) is 5.92 Å². The Morgan fingerprint density at radius 3 is 2.77 bits per heavy atom. The minimum Gasteiger partial charge on any atom is -0.343 e. The van der Waals surface area contributed by atoms with Gasteiger partial charge in [0.2, 0.25) is 11.8 Å². The van der Waals surface area contributed by atoms with Crippen molar-refractivity contribution in [1.82, 2.24) is 20.1 Å². The Morgan fingerprint density at radius 2 is 2.12 bits per heavy atom. The molecule has 2 heterocycles. The van der Waals surface area contributed by atoms with Crippen LogP contribution >= 0.6 is 11.3 Å². The summed E-state index contributed by atoms with van der Waals surface area (Å²) in [7, 11) is 0. The first kappa shape index (κ1) is 20.2. The quantitative estimate of drug-likeness (QED) is 0.752. The SMILES string of the molecule is CCN(CC)C(=O)CCNC(=O)N1CCCC(C(=O)Nc2nccs2)C1. The highest BCUT2D eigenvalue weighted by Gasteiger charge is 2.28. The van der Waals surface area contributed by atoms with E-state index in [9.17, 15) is 14.4 Å². The van der Waals surface area contributed by atoms with Crippen LogP contribution in [0.3, 0.4) is 0 Å². The highest BCUT2D eigenvalue weighted by atomic mass is 32.1. The first-order valence-electron chi connectivity index (χ1n) is 9.06. The van der Waals surface area contributed by atoms with Gasteiger partial charge in [0.15, 0.2) is 5.13 Å². The maximum absolute atomic E-state index is 12.3. The smallest absolute Gasteiger partial charge is 0.317 e. The zero-order chi connectivity index (χ0) is 18.9. The Labute approximate surface area is 157 Å². The standard InChI is InChI=1S/C17H27N5O3S/c1-3-21(4-2)14(23)7-8-19-17(25)22-10-5-6-13(12-22)15(24)20-16-18-9-11-26-16/h9,11,13H,3-8,10,12H2,1-2H3,(H,19,25)(H,18,20,24). The van der Waals surface area contributed by atoms with Crippen molar-refractivity contribution in [2.45, 2.75) is 33.1 Å². The second-order valence-corrected chi connectivity index (χ2v) is 7.05. The summed E-state index contributed by atoms with van der Waals surface area (Å²) in [6.45, 7) is 6.52. The molecule has 0 spiro atoms. The molecule has 4 amide bonds. The minimum atomic E-state index is -0.240. The van der Waals surface area contributed by atoms with Crippen LogP contribution in [-0.4, -0.2) is 65.4 Å². The lowest BCUT2D eigenvalue weighted by atomic mass is 9.97. The molecule has 9 heteroatoms. The zero-order valence-electron chi connectivity index (χ0n) is 15.4. The Balaban J connectivity index is 1.76. The lowest BCUT2D eigenvalue weighted by Crippen LogP contribution is -2.48. The van der Waals surface area contributed by atoms with E-state index in [1.165, 1.54) is 11.3 Å². The Morgan fingerprint density at radius 1 is 1.35 bits per heavy atom. The molecule has 0 bridgehead atoms. The van der Waals surface area contributed by atoms with E-state index >= 15 is 0 Å². The van der Waals surface area contributed by atoms with E-state index in [1.54, 1.807) is 21.4 Å². The van der Waals surface area contributed by atoms with Crippen molar-refractivity contribution in [3.05, 3.63) is 11.6 Å². The summed E-state index contributed by atoms with van der Waals surface area (Å²) in [5, 5.41) is 7.96. The van der Waals surface area contributed by atoms with Gasteiger partial charge >= 0.3 is 6.03 Å². The fourth-order valence-corrected chi connectivity index (χ4v) is 3.52. The molecule has 1 saturated heterocycles. The molecule has 2 rings (SSSR count). The molecule has 1 aromatic heterocycles. The lowest BCUT2D eigenvalue weighted by Gasteiger charge is -2.32. The highest BCUT2D eigenvalue weighted by molar-refractivity contribution is 7.13. The topological polar surface area (TPSA) is 94.6 Å². The maximum Gasteiger partial charge on any atom is 0.317 e. The first-order chi connectivity index (χ1) is 12.5. The number of amides is 4. The third-order valence-electron chi connectivity index (χ3n) is 4.47. The largest absolute Gasteiger partial charge is 0.343 e. The number of piperidine rings is 1. The fourth-order valence-electron chi connectivity index (χ4n) is 2.99. The summed E-state index contributed by atoms with van der Waals surface area (Å²) in [6.07, 6.45) is 3.46. The number of likely N-dealkylation sites (tertiary alicyclic amines) is 1. The molecule has 1 unspecified atom stereocenters.